The van der Waals surface area contributed by atoms with Crippen LogP contribution in [0.4, 0.5) is 20.7 Å². The number of ether oxygens (including phenoxy) is 1. The molecule has 1 aliphatic heterocycles. The van der Waals surface area contributed by atoms with Crippen LogP contribution in [0.3, 0.4) is 0 Å². The molecule has 11 heteroatoms. The molecule has 36 heavy (non-hydrogen) atoms. The van der Waals surface area contributed by atoms with Crippen LogP contribution in [-0.4, -0.2) is 47.6 Å². The Bertz CT molecular complexity index is 1330. The van der Waals surface area contributed by atoms with Gasteiger partial charge in [-0.15, -0.1) is 5.12 Å². The monoisotopic (exact) mass is 512 g/mol. The summed E-state index contributed by atoms with van der Waals surface area (Å²) < 4.78 is 21.3. The third-order valence-corrected chi connectivity index (χ3v) is 6.14. The van der Waals surface area contributed by atoms with E-state index in [-0.39, 0.29) is 29.5 Å². The molecule has 1 fully saturated rings. The maximum absolute atomic E-state index is 15.2. The molecule has 1 saturated heterocycles. The molecule has 0 bridgehead atoms. The number of likely N-dealkylation sites (tertiary alicyclic amines) is 1. The van der Waals surface area contributed by atoms with Crippen molar-refractivity contribution in [2.45, 2.75) is 0 Å². The number of carbonyl (C=O) groups is 3. The van der Waals surface area contributed by atoms with Crippen LogP contribution in [0.5, 0.6) is 0 Å². The summed E-state index contributed by atoms with van der Waals surface area (Å²) in [7, 11) is 1.18. The Morgan fingerprint density at radius 1 is 1.00 bits per heavy atom. The Hall–Kier alpha value is -4.18. The van der Waals surface area contributed by atoms with E-state index >= 15 is 4.48 Å². The van der Waals surface area contributed by atoms with E-state index in [1.165, 1.54) is 46.9 Å². The van der Waals surface area contributed by atoms with E-state index in [1.54, 1.807) is 42.6 Å². The van der Waals surface area contributed by atoms with Crippen molar-refractivity contribution in [2.24, 2.45) is 11.8 Å². The van der Waals surface area contributed by atoms with E-state index in [2.05, 4.69) is 5.32 Å². The van der Waals surface area contributed by atoms with Crippen molar-refractivity contribution in [3.05, 3.63) is 88.3 Å². The molecule has 0 saturated carbocycles. The number of halogens is 2. The molecule has 186 valence electrons. The predicted octanol–water partition coefficient (Wildman–Crippen LogP) is 3.66. The number of pyridine rings is 1. The molecule has 4 rings (SSSR count). The first-order chi connectivity index (χ1) is 17.3. The molecule has 0 aliphatic carbocycles. The van der Waals surface area contributed by atoms with Gasteiger partial charge in [-0.2, -0.15) is 0 Å². The molecule has 0 spiro atoms. The maximum Gasteiger partial charge on any atom is 0.409 e. The lowest BCUT2D eigenvalue weighted by Gasteiger charge is -2.21. The highest BCUT2D eigenvalue weighted by Crippen LogP contribution is 2.30. The SMILES string of the molecule is COC(=O)N1C[C@H](C(=O)Nc2ccc(Cl)cc2)[C@@H](C(=O)N(F)c2ccc(-n3ccccc3=O)cc2)C1. The van der Waals surface area contributed by atoms with Gasteiger partial charge in [-0.25, -0.2) is 4.79 Å². The summed E-state index contributed by atoms with van der Waals surface area (Å²) in [4.78, 5) is 51.5. The molecule has 2 aromatic carbocycles. The lowest BCUT2D eigenvalue weighted by atomic mass is 9.94. The number of hydrogen-bond acceptors (Lipinski definition) is 5. The highest BCUT2D eigenvalue weighted by atomic mass is 35.5. The number of amides is 3. The van der Waals surface area contributed by atoms with Crippen LogP contribution in [0.15, 0.2) is 77.7 Å². The molecular weight excluding hydrogens is 491 g/mol. The fraction of sp³-hybridized carbons (Fsp3) is 0.200. The average molecular weight is 513 g/mol. The Morgan fingerprint density at radius 3 is 2.31 bits per heavy atom. The zero-order valence-electron chi connectivity index (χ0n) is 19.1. The van der Waals surface area contributed by atoms with Crippen LogP contribution in [0, 0.1) is 11.8 Å². The largest absolute Gasteiger partial charge is 0.453 e. The Kier molecular flexibility index (Phi) is 7.35. The van der Waals surface area contributed by atoms with Crippen LogP contribution in [0.25, 0.3) is 5.69 Å². The molecule has 1 N–H and O–H groups in total. The van der Waals surface area contributed by atoms with Gasteiger partial charge in [0.2, 0.25) is 5.91 Å². The zero-order chi connectivity index (χ0) is 25.8. The topological polar surface area (TPSA) is 101 Å². The summed E-state index contributed by atoms with van der Waals surface area (Å²) in [6.45, 7) is -0.311. The Balaban J connectivity index is 1.54. The van der Waals surface area contributed by atoms with E-state index in [4.69, 9.17) is 16.3 Å². The first-order valence-electron chi connectivity index (χ1n) is 11.0. The number of carbonyl (C=O) groups excluding carboxylic acids is 3. The number of anilines is 2. The van der Waals surface area contributed by atoms with Gasteiger partial charge < -0.3 is 15.0 Å². The fourth-order valence-corrected chi connectivity index (χ4v) is 4.15. The minimum absolute atomic E-state index is 0.0500. The quantitative estimate of drug-likeness (QED) is 0.526. The molecule has 3 aromatic rings. The summed E-state index contributed by atoms with van der Waals surface area (Å²) in [6, 6.07) is 16.7. The second kappa shape index (κ2) is 10.6. The molecule has 1 aliphatic rings. The van der Waals surface area contributed by atoms with Crippen molar-refractivity contribution >= 4 is 40.9 Å². The minimum atomic E-state index is -1.15. The third-order valence-electron chi connectivity index (χ3n) is 5.89. The number of rotatable bonds is 5. The van der Waals surface area contributed by atoms with Crippen molar-refractivity contribution in [3.63, 3.8) is 0 Å². The molecule has 2 heterocycles. The first kappa shape index (κ1) is 24.9. The third kappa shape index (κ3) is 5.23. The Morgan fingerprint density at radius 2 is 1.67 bits per heavy atom. The van der Waals surface area contributed by atoms with Crippen molar-refractivity contribution in [1.29, 1.82) is 0 Å². The summed E-state index contributed by atoms with van der Waals surface area (Å²) in [5.41, 5.74) is 0.585. The molecule has 2 atom stereocenters. The number of nitrogens with one attached hydrogen (secondary N) is 1. The van der Waals surface area contributed by atoms with Crippen molar-refractivity contribution in [1.82, 2.24) is 9.47 Å². The summed E-state index contributed by atoms with van der Waals surface area (Å²) in [5.74, 6) is -3.71. The van der Waals surface area contributed by atoms with Gasteiger partial charge in [-0.1, -0.05) is 22.1 Å². The smallest absolute Gasteiger partial charge is 0.409 e. The number of methoxy groups -OCH3 is 1. The Labute approximate surface area is 210 Å². The van der Waals surface area contributed by atoms with Gasteiger partial charge in [0.25, 0.3) is 11.5 Å². The van der Waals surface area contributed by atoms with E-state index < -0.39 is 29.7 Å². The second-order valence-electron chi connectivity index (χ2n) is 8.13. The van der Waals surface area contributed by atoms with Crippen molar-refractivity contribution < 1.29 is 23.6 Å². The van der Waals surface area contributed by atoms with E-state index in [0.717, 1.165) is 0 Å². The number of hydrogen-bond donors (Lipinski definition) is 1. The van der Waals surface area contributed by atoms with Crippen molar-refractivity contribution in [3.8, 4) is 5.69 Å². The molecule has 3 amide bonds. The zero-order valence-corrected chi connectivity index (χ0v) is 19.9. The van der Waals surface area contributed by atoms with Gasteiger partial charge in [0.1, 0.15) is 0 Å². The van der Waals surface area contributed by atoms with Crippen LogP contribution >= 0.6 is 11.6 Å². The molecule has 0 radical (unpaired) electrons. The molecular formula is C25H22ClFN4O5. The van der Waals surface area contributed by atoms with Crippen LogP contribution < -0.4 is 16.0 Å². The van der Waals surface area contributed by atoms with Gasteiger partial charge in [0.05, 0.1) is 24.6 Å². The van der Waals surface area contributed by atoms with E-state index in [1.807, 2.05) is 0 Å². The molecule has 0 unspecified atom stereocenters. The van der Waals surface area contributed by atoms with E-state index in [9.17, 15) is 19.2 Å². The van der Waals surface area contributed by atoms with Gasteiger partial charge in [-0.05, 0) is 54.6 Å². The minimum Gasteiger partial charge on any atom is -0.453 e. The predicted molar refractivity (Wildman–Crippen MR) is 132 cm³/mol. The second-order valence-corrected chi connectivity index (χ2v) is 8.56. The van der Waals surface area contributed by atoms with Gasteiger partial charge in [0, 0.05) is 41.8 Å². The highest BCUT2D eigenvalue weighted by molar-refractivity contribution is 6.30. The summed E-state index contributed by atoms with van der Waals surface area (Å²) >= 11 is 5.88. The molecule has 1 aromatic heterocycles. The van der Waals surface area contributed by atoms with Crippen molar-refractivity contribution in [2.75, 3.05) is 30.6 Å². The summed E-state index contributed by atoms with van der Waals surface area (Å²) in [5, 5.41) is 3.11. The standard InChI is InChI=1S/C25H22ClFN4O5/c1-36-25(35)29-14-20(23(33)28-17-7-5-16(26)6-8-17)21(15-29)24(34)31(27)19-11-9-18(10-12-19)30-13-3-2-4-22(30)32/h2-13,20-21H,14-15H2,1H3,(H,28,33)/t20-,21-/m0/s1. The van der Waals surface area contributed by atoms with Gasteiger partial charge in [-0.3, -0.25) is 19.0 Å². The number of aromatic nitrogens is 1. The lowest BCUT2D eigenvalue weighted by molar-refractivity contribution is -0.130. The van der Waals surface area contributed by atoms with Crippen LogP contribution in [0.1, 0.15) is 0 Å². The van der Waals surface area contributed by atoms with Gasteiger partial charge in [0.15, 0.2) is 0 Å². The first-order valence-corrected chi connectivity index (χ1v) is 11.3. The number of benzene rings is 2. The van der Waals surface area contributed by atoms with Crippen LogP contribution in [0.2, 0.25) is 5.02 Å². The average Bonchev–Trinajstić information content (AvgIpc) is 3.35. The fourth-order valence-electron chi connectivity index (χ4n) is 4.02. The normalized spacial score (nSPS) is 16.9. The lowest BCUT2D eigenvalue weighted by Crippen LogP contribution is -2.38. The maximum atomic E-state index is 15.2. The van der Waals surface area contributed by atoms with Crippen LogP contribution in [-0.2, 0) is 14.3 Å². The van der Waals surface area contributed by atoms with Gasteiger partial charge >= 0.3 is 6.09 Å². The van der Waals surface area contributed by atoms with E-state index in [0.29, 0.717) is 16.4 Å². The number of nitrogens with zero attached hydrogens (tertiary/aromatic N) is 3. The molecule has 9 nitrogen and oxygen atoms in total. The summed E-state index contributed by atoms with van der Waals surface area (Å²) in [6.07, 6.45) is 0.845. The highest BCUT2D eigenvalue weighted by Gasteiger charge is 2.46.